The van der Waals surface area contributed by atoms with Crippen molar-refractivity contribution in [1.82, 2.24) is 15.0 Å². The number of hydrogen-bond acceptors (Lipinski definition) is 2. The Bertz CT molecular complexity index is 1160. The molecule has 0 amide bonds. The Morgan fingerprint density at radius 3 is 1.86 bits per heavy atom. The maximum Gasteiger partial charge on any atom is 0.0460 e. The number of aromatic amines is 2. The number of nitrogens with zero attached hydrogens (tertiary/aromatic N) is 1. The fraction of sp³-hybridized carbons (Fsp3) is 0.292. The maximum atomic E-state index is 5.02. The molecule has 0 spiro atoms. The fourth-order valence-electron chi connectivity index (χ4n) is 4.30. The van der Waals surface area contributed by atoms with Crippen LogP contribution in [0.4, 0.5) is 5.69 Å². The molecule has 3 aromatic heterocycles. The Balaban J connectivity index is 1.94. The average molecular weight is 371 g/mol. The lowest BCUT2D eigenvalue weighted by Gasteiger charge is -2.00. The van der Waals surface area contributed by atoms with Crippen molar-refractivity contribution in [2.75, 3.05) is 5.32 Å². The average Bonchev–Trinajstić information content (AvgIpc) is 3.49. The van der Waals surface area contributed by atoms with E-state index >= 15 is 0 Å². The number of rotatable bonds is 0. The van der Waals surface area contributed by atoms with Crippen LogP contribution >= 0.6 is 0 Å². The molecule has 0 saturated carbocycles. The van der Waals surface area contributed by atoms with Crippen LogP contribution in [0.3, 0.4) is 0 Å². The summed E-state index contributed by atoms with van der Waals surface area (Å²) in [7, 11) is 0. The van der Waals surface area contributed by atoms with Crippen LogP contribution in [0.5, 0.6) is 0 Å². The molecule has 0 aromatic carbocycles. The van der Waals surface area contributed by atoms with Crippen molar-refractivity contribution in [3.8, 4) is 0 Å². The molecule has 2 aliphatic rings. The summed E-state index contributed by atoms with van der Waals surface area (Å²) in [6.45, 7) is 9.60. The van der Waals surface area contributed by atoms with Gasteiger partial charge in [0.1, 0.15) is 0 Å². The van der Waals surface area contributed by atoms with Crippen molar-refractivity contribution < 1.29 is 0 Å². The Labute approximate surface area is 165 Å². The lowest BCUT2D eigenvalue weighted by molar-refractivity contribution is 0.997. The van der Waals surface area contributed by atoms with Gasteiger partial charge in [-0.1, -0.05) is 0 Å². The van der Waals surface area contributed by atoms with E-state index in [1.165, 1.54) is 44.9 Å². The van der Waals surface area contributed by atoms with Gasteiger partial charge >= 0.3 is 0 Å². The van der Waals surface area contributed by atoms with Gasteiger partial charge in [0.25, 0.3) is 0 Å². The van der Waals surface area contributed by atoms with E-state index < -0.39 is 0 Å². The highest BCUT2D eigenvalue weighted by molar-refractivity contribution is 5.77. The number of aromatic nitrogens is 3. The number of anilines is 1. The molecule has 0 unspecified atom stereocenters. The lowest BCUT2D eigenvalue weighted by atomic mass is 10.1. The molecule has 3 N–H and O–H groups in total. The van der Waals surface area contributed by atoms with Crippen LogP contribution < -0.4 is 5.32 Å². The molecular formula is C24H26N4. The van der Waals surface area contributed by atoms with Crippen LogP contribution in [0.25, 0.3) is 22.1 Å². The van der Waals surface area contributed by atoms with E-state index in [1.807, 2.05) is 0 Å². The fourth-order valence-corrected chi connectivity index (χ4v) is 4.30. The van der Waals surface area contributed by atoms with E-state index in [0.29, 0.717) is 0 Å². The molecule has 3 aromatic rings. The van der Waals surface area contributed by atoms with Crippen LogP contribution in [-0.4, -0.2) is 15.0 Å². The predicted molar refractivity (Wildman–Crippen MR) is 117 cm³/mol. The first-order chi connectivity index (χ1) is 13.5. The molecule has 0 saturated heterocycles. The zero-order valence-corrected chi connectivity index (χ0v) is 17.0. The van der Waals surface area contributed by atoms with Crippen molar-refractivity contribution in [2.45, 2.75) is 47.1 Å². The summed E-state index contributed by atoms with van der Waals surface area (Å²) in [6.07, 6.45) is 2.03. The third kappa shape index (κ3) is 2.63. The van der Waals surface area contributed by atoms with Gasteiger partial charge in [-0.15, -0.1) is 0 Å². The first-order valence-corrected chi connectivity index (χ1v) is 10.0. The normalized spacial score (nSPS) is 13.6. The maximum absolute atomic E-state index is 5.02. The van der Waals surface area contributed by atoms with E-state index in [1.54, 1.807) is 0 Å². The summed E-state index contributed by atoms with van der Waals surface area (Å²) in [4.78, 5) is 12.2. The zero-order valence-electron chi connectivity index (χ0n) is 17.0. The molecule has 2 aliphatic heterocycles. The van der Waals surface area contributed by atoms with Gasteiger partial charge < -0.3 is 15.3 Å². The van der Waals surface area contributed by atoms with Gasteiger partial charge in [-0.05, 0) is 98.7 Å². The van der Waals surface area contributed by atoms with Crippen LogP contribution in [0.15, 0.2) is 30.3 Å². The summed E-state index contributed by atoms with van der Waals surface area (Å²) < 4.78 is 0. The standard InChI is InChI=1S/C24H26N4/c1-13-17-11-24(25-12-17)16(4)23-10-9-22(28-23)15(3)21-8-7-20(27-21)14(2)19-6-5-18(13)26-19/h7-11,25,27-28H,5-6,12H2,1-4H3. The summed E-state index contributed by atoms with van der Waals surface area (Å²) in [5.41, 5.74) is 14.6. The molecular weight excluding hydrogens is 344 g/mol. The largest absolute Gasteiger partial charge is 0.381 e. The topological polar surface area (TPSA) is 56.5 Å². The van der Waals surface area contributed by atoms with Gasteiger partial charge in [-0.2, -0.15) is 0 Å². The van der Waals surface area contributed by atoms with Crippen molar-refractivity contribution in [3.05, 3.63) is 69.5 Å². The molecule has 0 aliphatic carbocycles. The molecule has 4 nitrogen and oxygen atoms in total. The SMILES string of the molecule is Cc1c2cc(c(C)c3ccc([nH]3)c(C)c3ccc([nH]3)c(C)c3nc1CC3)NC2. The highest BCUT2D eigenvalue weighted by Gasteiger charge is 2.15. The number of nitrogens with one attached hydrogen (secondary N) is 3. The molecule has 28 heavy (non-hydrogen) atoms. The molecule has 4 heteroatoms. The minimum Gasteiger partial charge on any atom is -0.381 e. The number of H-pyrrole nitrogens is 2. The number of hydrogen-bond donors (Lipinski definition) is 3. The summed E-state index contributed by atoms with van der Waals surface area (Å²) >= 11 is 0. The van der Waals surface area contributed by atoms with Gasteiger partial charge in [0.2, 0.25) is 0 Å². The first kappa shape index (κ1) is 17.1. The van der Waals surface area contributed by atoms with Crippen LogP contribution in [0.1, 0.15) is 39.2 Å². The highest BCUT2D eigenvalue weighted by atomic mass is 14.9. The van der Waals surface area contributed by atoms with Gasteiger partial charge in [-0.3, -0.25) is 4.98 Å². The van der Waals surface area contributed by atoms with Crippen molar-refractivity contribution in [1.29, 1.82) is 0 Å². The quantitative estimate of drug-likeness (QED) is 0.486. The smallest absolute Gasteiger partial charge is 0.0460 e. The van der Waals surface area contributed by atoms with Crippen molar-refractivity contribution in [3.63, 3.8) is 0 Å². The predicted octanol–water partition coefficient (Wildman–Crippen LogP) is 5.55. The zero-order chi connectivity index (χ0) is 19.4. The molecule has 5 heterocycles. The van der Waals surface area contributed by atoms with Crippen LogP contribution in [-0.2, 0) is 19.4 Å². The van der Waals surface area contributed by atoms with Crippen LogP contribution in [0.2, 0.25) is 0 Å². The molecule has 8 bridgehead atoms. The number of aryl methyl sites for hydroxylation is 5. The van der Waals surface area contributed by atoms with E-state index in [2.05, 4.69) is 73.3 Å². The Morgan fingerprint density at radius 2 is 1.21 bits per heavy atom. The summed E-state index contributed by atoms with van der Waals surface area (Å²) in [5, 5.41) is 3.57. The lowest BCUT2D eigenvalue weighted by Crippen LogP contribution is -1.95. The molecule has 142 valence electrons. The summed E-state index contributed by atoms with van der Waals surface area (Å²) in [5.74, 6) is 0. The van der Waals surface area contributed by atoms with E-state index in [-0.39, 0.29) is 0 Å². The Kier molecular flexibility index (Phi) is 3.83. The second-order valence-corrected chi connectivity index (χ2v) is 8.01. The van der Waals surface area contributed by atoms with Crippen molar-refractivity contribution in [2.24, 2.45) is 0 Å². The van der Waals surface area contributed by atoms with E-state index in [4.69, 9.17) is 4.98 Å². The molecule has 0 atom stereocenters. The molecule has 0 fully saturated rings. The van der Waals surface area contributed by atoms with E-state index in [0.717, 1.165) is 41.5 Å². The molecule has 0 radical (unpaired) electrons. The van der Waals surface area contributed by atoms with Gasteiger partial charge in [-0.25, -0.2) is 0 Å². The first-order valence-electron chi connectivity index (χ1n) is 10.0. The van der Waals surface area contributed by atoms with Crippen LogP contribution in [0, 0.1) is 27.7 Å². The second kappa shape index (κ2) is 6.26. The van der Waals surface area contributed by atoms with E-state index in [9.17, 15) is 0 Å². The third-order valence-electron chi connectivity index (χ3n) is 6.40. The van der Waals surface area contributed by atoms with Gasteiger partial charge in [0.15, 0.2) is 0 Å². The second-order valence-electron chi connectivity index (χ2n) is 8.01. The Hall–Kier alpha value is -3.01. The minimum absolute atomic E-state index is 0.869. The van der Waals surface area contributed by atoms with Gasteiger partial charge in [0, 0.05) is 45.7 Å². The third-order valence-corrected chi connectivity index (χ3v) is 6.40. The minimum atomic E-state index is 0.869. The molecule has 5 rings (SSSR count). The van der Waals surface area contributed by atoms with Crippen molar-refractivity contribution >= 4 is 27.8 Å². The highest BCUT2D eigenvalue weighted by Crippen LogP contribution is 2.28. The monoisotopic (exact) mass is 370 g/mol. The van der Waals surface area contributed by atoms with Gasteiger partial charge in [0.05, 0.1) is 0 Å². The summed E-state index contributed by atoms with van der Waals surface area (Å²) in [6, 6.07) is 11.0. The number of fused-ring (bicyclic) bond motifs is 8. The Morgan fingerprint density at radius 1 is 0.679 bits per heavy atom.